The maximum Gasteiger partial charge on any atom is 0.350 e. The molecule has 0 saturated carbocycles. The number of amides is 2. The molecule has 98 valence electrons. The van der Waals surface area contributed by atoms with Gasteiger partial charge < -0.3 is 20.5 Å². The predicted octanol–water partition coefficient (Wildman–Crippen LogP) is 1.13. The lowest BCUT2D eigenvalue weighted by Crippen LogP contribution is -2.30. The second kappa shape index (κ2) is 6.60. The summed E-state index contributed by atoms with van der Waals surface area (Å²) in [6.07, 6.45) is -0.166. The van der Waals surface area contributed by atoms with Gasteiger partial charge in [-0.25, -0.2) is 9.59 Å². The van der Waals surface area contributed by atoms with E-state index in [1.165, 1.54) is 7.11 Å². The number of carbonyl (C=O) groups is 3. The summed E-state index contributed by atoms with van der Waals surface area (Å²) in [5.74, 6) is -1.54. The average molecular weight is 272 g/mol. The van der Waals surface area contributed by atoms with Gasteiger partial charge in [-0.05, 0) is 11.4 Å². The number of carboxylic acid groups (broad SMARTS) is 1. The van der Waals surface area contributed by atoms with Crippen LogP contribution in [0.15, 0.2) is 11.4 Å². The first-order chi connectivity index (χ1) is 8.54. The number of anilines is 1. The van der Waals surface area contributed by atoms with E-state index in [-0.39, 0.29) is 17.8 Å². The fourth-order valence-corrected chi connectivity index (χ4v) is 1.87. The molecule has 0 aliphatic rings. The van der Waals surface area contributed by atoms with E-state index in [1.54, 1.807) is 11.4 Å². The zero-order valence-electron chi connectivity index (χ0n) is 9.56. The molecule has 0 spiro atoms. The molecule has 8 heteroatoms. The lowest BCUT2D eigenvalue weighted by Gasteiger charge is -2.06. The zero-order valence-corrected chi connectivity index (χ0v) is 10.4. The van der Waals surface area contributed by atoms with Crippen LogP contribution in [0.3, 0.4) is 0 Å². The normalized spacial score (nSPS) is 9.61. The van der Waals surface area contributed by atoms with E-state index in [1.807, 2.05) is 0 Å². The smallest absolute Gasteiger partial charge is 0.350 e. The van der Waals surface area contributed by atoms with Crippen LogP contribution in [-0.2, 0) is 9.53 Å². The first-order valence-corrected chi connectivity index (χ1v) is 5.85. The Labute approximate surface area is 107 Å². The average Bonchev–Trinajstić information content (AvgIpc) is 2.75. The minimum Gasteiger partial charge on any atom is -0.481 e. The lowest BCUT2D eigenvalue weighted by molar-refractivity contribution is -0.136. The molecule has 1 aromatic heterocycles. The van der Waals surface area contributed by atoms with Gasteiger partial charge in [-0.15, -0.1) is 11.3 Å². The third-order valence-corrected chi connectivity index (χ3v) is 2.80. The molecule has 0 saturated heterocycles. The van der Waals surface area contributed by atoms with Crippen LogP contribution in [0, 0.1) is 0 Å². The zero-order chi connectivity index (χ0) is 13.5. The highest BCUT2D eigenvalue weighted by Crippen LogP contribution is 2.22. The summed E-state index contributed by atoms with van der Waals surface area (Å²) in [4.78, 5) is 33.2. The number of nitrogens with one attached hydrogen (secondary N) is 2. The quantitative estimate of drug-likeness (QED) is 0.697. The van der Waals surface area contributed by atoms with Gasteiger partial charge in [-0.3, -0.25) is 4.79 Å². The van der Waals surface area contributed by atoms with Crippen LogP contribution in [-0.4, -0.2) is 36.7 Å². The standard InChI is InChI=1S/C10H12N2O5S/c1-17-9(15)8-6(3-5-18-8)12-10(16)11-4-2-7(13)14/h3,5H,2,4H2,1H3,(H,13,14)(H2,11,12,16). The first kappa shape index (κ1) is 14.0. The summed E-state index contributed by atoms with van der Waals surface area (Å²) >= 11 is 1.14. The largest absolute Gasteiger partial charge is 0.481 e. The Balaban J connectivity index is 2.52. The number of hydrogen-bond donors (Lipinski definition) is 3. The molecular formula is C10H12N2O5S. The Morgan fingerprint density at radius 3 is 2.78 bits per heavy atom. The van der Waals surface area contributed by atoms with Crippen molar-refractivity contribution < 1.29 is 24.2 Å². The van der Waals surface area contributed by atoms with E-state index < -0.39 is 18.0 Å². The molecule has 0 atom stereocenters. The second-order valence-corrected chi connectivity index (χ2v) is 4.10. The lowest BCUT2D eigenvalue weighted by atomic mass is 10.4. The molecule has 0 bridgehead atoms. The Kier molecular flexibility index (Phi) is 5.12. The van der Waals surface area contributed by atoms with Crippen molar-refractivity contribution >= 4 is 35.0 Å². The second-order valence-electron chi connectivity index (χ2n) is 3.18. The van der Waals surface area contributed by atoms with Crippen LogP contribution in [0.25, 0.3) is 0 Å². The van der Waals surface area contributed by atoms with Crippen molar-refractivity contribution in [1.29, 1.82) is 0 Å². The van der Waals surface area contributed by atoms with E-state index in [0.717, 1.165) is 11.3 Å². The third-order valence-electron chi connectivity index (χ3n) is 1.91. The fraction of sp³-hybridized carbons (Fsp3) is 0.300. The Bertz CT molecular complexity index is 457. The molecule has 0 fully saturated rings. The van der Waals surface area contributed by atoms with Gasteiger partial charge in [-0.2, -0.15) is 0 Å². The summed E-state index contributed by atoms with van der Waals surface area (Å²) in [6.45, 7) is 0.0128. The van der Waals surface area contributed by atoms with Gasteiger partial charge in [0.15, 0.2) is 0 Å². The van der Waals surface area contributed by atoms with Gasteiger partial charge >= 0.3 is 18.0 Å². The Morgan fingerprint density at radius 1 is 1.44 bits per heavy atom. The van der Waals surface area contributed by atoms with Gasteiger partial charge in [-0.1, -0.05) is 0 Å². The Hall–Kier alpha value is -2.09. The van der Waals surface area contributed by atoms with E-state index in [2.05, 4.69) is 15.4 Å². The molecule has 0 unspecified atom stereocenters. The van der Waals surface area contributed by atoms with E-state index >= 15 is 0 Å². The topological polar surface area (TPSA) is 105 Å². The van der Waals surface area contributed by atoms with E-state index in [0.29, 0.717) is 5.69 Å². The van der Waals surface area contributed by atoms with Crippen LogP contribution in [0.2, 0.25) is 0 Å². The van der Waals surface area contributed by atoms with Crippen LogP contribution < -0.4 is 10.6 Å². The fourth-order valence-electron chi connectivity index (χ4n) is 1.11. The van der Waals surface area contributed by atoms with Crippen LogP contribution in [0.5, 0.6) is 0 Å². The highest BCUT2D eigenvalue weighted by molar-refractivity contribution is 7.12. The molecule has 0 aliphatic carbocycles. The van der Waals surface area contributed by atoms with Crippen molar-refractivity contribution in [3.05, 3.63) is 16.3 Å². The molecule has 0 aliphatic heterocycles. The summed E-state index contributed by atoms with van der Waals surface area (Å²) in [7, 11) is 1.25. The van der Waals surface area contributed by atoms with Crippen LogP contribution in [0.4, 0.5) is 10.5 Å². The SMILES string of the molecule is COC(=O)c1sccc1NC(=O)NCCC(=O)O. The summed E-state index contributed by atoms with van der Waals surface area (Å²) in [5, 5.41) is 14.8. The summed E-state index contributed by atoms with van der Waals surface area (Å²) in [6, 6.07) is 0.994. The maximum atomic E-state index is 11.4. The number of ether oxygens (including phenoxy) is 1. The molecule has 1 heterocycles. The third kappa shape index (κ3) is 4.06. The molecule has 1 aromatic rings. The number of aliphatic carboxylic acids is 1. The minimum atomic E-state index is -0.999. The number of thiophene rings is 1. The number of rotatable bonds is 5. The maximum absolute atomic E-state index is 11.4. The number of methoxy groups -OCH3 is 1. The monoisotopic (exact) mass is 272 g/mol. The van der Waals surface area contributed by atoms with Crippen molar-refractivity contribution in [1.82, 2.24) is 5.32 Å². The summed E-state index contributed by atoms with van der Waals surface area (Å²) in [5.41, 5.74) is 0.333. The van der Waals surface area contributed by atoms with Gasteiger partial charge in [0.25, 0.3) is 0 Å². The number of esters is 1. The minimum absolute atomic E-state index is 0.0128. The predicted molar refractivity (Wildman–Crippen MR) is 64.9 cm³/mol. The highest BCUT2D eigenvalue weighted by Gasteiger charge is 2.15. The van der Waals surface area contributed by atoms with Crippen molar-refractivity contribution in [3.63, 3.8) is 0 Å². The van der Waals surface area contributed by atoms with Crippen molar-refractivity contribution in [3.8, 4) is 0 Å². The molecule has 0 radical (unpaired) electrons. The highest BCUT2D eigenvalue weighted by atomic mass is 32.1. The van der Waals surface area contributed by atoms with Gasteiger partial charge in [0.05, 0.1) is 19.2 Å². The van der Waals surface area contributed by atoms with E-state index in [4.69, 9.17) is 5.11 Å². The summed E-state index contributed by atoms with van der Waals surface area (Å²) < 4.78 is 4.55. The molecule has 7 nitrogen and oxygen atoms in total. The van der Waals surface area contributed by atoms with E-state index in [9.17, 15) is 14.4 Å². The first-order valence-electron chi connectivity index (χ1n) is 4.97. The number of urea groups is 1. The molecule has 1 rings (SSSR count). The Morgan fingerprint density at radius 2 is 2.17 bits per heavy atom. The van der Waals surface area contributed by atoms with Gasteiger partial charge in [0, 0.05) is 6.54 Å². The van der Waals surface area contributed by atoms with Gasteiger partial charge in [0.2, 0.25) is 0 Å². The molecule has 3 N–H and O–H groups in total. The number of carbonyl (C=O) groups excluding carboxylic acids is 2. The molecule has 0 aromatic carbocycles. The van der Waals surface area contributed by atoms with Crippen molar-refractivity contribution in [2.45, 2.75) is 6.42 Å². The van der Waals surface area contributed by atoms with Gasteiger partial charge in [0.1, 0.15) is 4.88 Å². The number of carboxylic acids is 1. The molecule has 2 amide bonds. The van der Waals surface area contributed by atoms with Crippen molar-refractivity contribution in [2.75, 3.05) is 19.0 Å². The van der Waals surface area contributed by atoms with Crippen LogP contribution in [0.1, 0.15) is 16.1 Å². The van der Waals surface area contributed by atoms with Crippen LogP contribution >= 0.6 is 11.3 Å². The molecule has 18 heavy (non-hydrogen) atoms. The number of hydrogen-bond acceptors (Lipinski definition) is 5. The molecular weight excluding hydrogens is 260 g/mol. The van der Waals surface area contributed by atoms with Crippen molar-refractivity contribution in [2.24, 2.45) is 0 Å².